The minimum Gasteiger partial charge on any atom is -0.480 e. The molecule has 2 saturated carbocycles. The third-order valence-corrected chi connectivity index (χ3v) is 6.59. The van der Waals surface area contributed by atoms with Crippen LogP contribution in [0.5, 0.6) is 0 Å². The molecule has 1 atom stereocenters. The van der Waals surface area contributed by atoms with Gasteiger partial charge in [-0.3, -0.25) is 0 Å². The number of rotatable bonds is 13. The number of carboxylic acids is 1. The summed E-state index contributed by atoms with van der Waals surface area (Å²) in [6.07, 6.45) is 9.65. The van der Waals surface area contributed by atoms with Crippen molar-refractivity contribution in [3.8, 4) is 0 Å². The Bertz CT molecular complexity index is 794. The van der Waals surface area contributed by atoms with Gasteiger partial charge in [0, 0.05) is 24.8 Å². The lowest BCUT2D eigenvalue weighted by atomic mass is 10.1. The Labute approximate surface area is 190 Å². The number of pyridine rings is 1. The lowest BCUT2D eigenvalue weighted by Crippen LogP contribution is -2.44. The number of carbonyl (C=O) groups is 2. The Hall–Kier alpha value is -2.35. The quantitative estimate of drug-likeness (QED) is 0.401. The Morgan fingerprint density at radius 1 is 1.22 bits per heavy atom. The van der Waals surface area contributed by atoms with Gasteiger partial charge in [0.2, 0.25) is 0 Å². The maximum atomic E-state index is 11.9. The van der Waals surface area contributed by atoms with Gasteiger partial charge in [-0.25, -0.2) is 14.6 Å². The van der Waals surface area contributed by atoms with Crippen LogP contribution in [-0.4, -0.2) is 65.4 Å². The van der Waals surface area contributed by atoms with E-state index in [4.69, 9.17) is 9.72 Å². The van der Waals surface area contributed by atoms with Crippen molar-refractivity contribution >= 4 is 17.9 Å². The number of aromatic nitrogens is 1. The van der Waals surface area contributed by atoms with Gasteiger partial charge in [0.1, 0.15) is 11.9 Å². The summed E-state index contributed by atoms with van der Waals surface area (Å²) in [5, 5.41) is 15.4. The summed E-state index contributed by atoms with van der Waals surface area (Å²) in [4.78, 5) is 30.7. The molecule has 32 heavy (non-hydrogen) atoms. The summed E-state index contributed by atoms with van der Waals surface area (Å²) in [5.74, 6) is 0.509. The molecule has 176 valence electrons. The third-order valence-electron chi connectivity index (χ3n) is 6.59. The maximum absolute atomic E-state index is 11.9. The number of unbranched alkanes of at least 4 members (excludes halogenated alkanes) is 1. The summed E-state index contributed by atoms with van der Waals surface area (Å²) in [5.41, 5.74) is 2.45. The highest BCUT2D eigenvalue weighted by Gasteiger charge is 2.30. The molecule has 2 heterocycles. The molecule has 2 fully saturated rings. The van der Waals surface area contributed by atoms with Crippen LogP contribution >= 0.6 is 0 Å². The highest BCUT2D eigenvalue weighted by Crippen LogP contribution is 2.29. The predicted octanol–water partition coefficient (Wildman–Crippen LogP) is 3.21. The van der Waals surface area contributed by atoms with Crippen LogP contribution in [0.3, 0.4) is 0 Å². The first-order chi connectivity index (χ1) is 15.6. The number of carboxylic acid groups (broad SMARTS) is 1. The van der Waals surface area contributed by atoms with Crippen LogP contribution in [0.25, 0.3) is 0 Å². The van der Waals surface area contributed by atoms with Gasteiger partial charge in [-0.15, -0.1) is 0 Å². The lowest BCUT2D eigenvalue weighted by Gasteiger charge is -2.24. The van der Waals surface area contributed by atoms with E-state index in [9.17, 15) is 14.7 Å². The fourth-order valence-electron chi connectivity index (χ4n) is 4.26. The van der Waals surface area contributed by atoms with Crippen molar-refractivity contribution < 1.29 is 19.4 Å². The standard InChI is InChI=1S/C24H36N4O4/c29-23(30)21(27-24(31)32-16-17-6-7-17)12-15-28(20-10-11-20)14-2-1-5-19-9-8-18-4-3-13-25-22(18)26-19/h8-9,17,20-21H,1-7,10-16H2,(H,25,26)(H,27,31)(H,29,30). The molecule has 3 N–H and O–H groups in total. The van der Waals surface area contributed by atoms with Gasteiger partial charge in [-0.1, -0.05) is 6.07 Å². The van der Waals surface area contributed by atoms with Crippen LogP contribution in [0.4, 0.5) is 10.6 Å². The SMILES string of the molecule is O=C(NC(CCN(CCCCc1ccc2c(n1)NCCC2)C1CC1)C(=O)O)OCC1CC1. The van der Waals surface area contributed by atoms with Crippen molar-refractivity contribution in [2.45, 2.75) is 76.3 Å². The number of anilines is 1. The number of nitrogens with zero attached hydrogens (tertiary/aromatic N) is 2. The summed E-state index contributed by atoms with van der Waals surface area (Å²) < 4.78 is 5.13. The molecular weight excluding hydrogens is 408 g/mol. The molecule has 8 heteroatoms. The normalized spacial score (nSPS) is 18.5. The topological polar surface area (TPSA) is 104 Å². The number of nitrogens with one attached hydrogen (secondary N) is 2. The van der Waals surface area contributed by atoms with E-state index in [2.05, 4.69) is 27.7 Å². The maximum Gasteiger partial charge on any atom is 0.407 e. The van der Waals surface area contributed by atoms with Gasteiger partial charge in [0.05, 0.1) is 6.61 Å². The first-order valence-electron chi connectivity index (χ1n) is 12.2. The van der Waals surface area contributed by atoms with Crippen LogP contribution in [0.1, 0.15) is 62.6 Å². The van der Waals surface area contributed by atoms with E-state index >= 15 is 0 Å². The zero-order valence-electron chi connectivity index (χ0n) is 18.9. The van der Waals surface area contributed by atoms with E-state index < -0.39 is 18.1 Å². The highest BCUT2D eigenvalue weighted by molar-refractivity contribution is 5.79. The molecule has 1 amide bonds. The number of aliphatic carboxylic acids is 1. The largest absolute Gasteiger partial charge is 0.480 e. The number of ether oxygens (including phenoxy) is 1. The number of fused-ring (bicyclic) bond motifs is 1. The van der Waals surface area contributed by atoms with E-state index in [1.807, 2.05) is 0 Å². The lowest BCUT2D eigenvalue weighted by molar-refractivity contribution is -0.139. The molecule has 1 aliphatic heterocycles. The molecule has 0 spiro atoms. The fraction of sp³-hybridized carbons (Fsp3) is 0.708. The van der Waals surface area contributed by atoms with Crippen molar-refractivity contribution in [3.63, 3.8) is 0 Å². The molecule has 1 aromatic heterocycles. The molecule has 4 rings (SSSR count). The summed E-state index contributed by atoms with van der Waals surface area (Å²) in [7, 11) is 0. The number of amides is 1. The average molecular weight is 445 g/mol. The van der Waals surface area contributed by atoms with Crippen molar-refractivity contribution in [1.82, 2.24) is 15.2 Å². The van der Waals surface area contributed by atoms with E-state index in [1.165, 1.54) is 24.8 Å². The zero-order valence-corrected chi connectivity index (χ0v) is 18.9. The van der Waals surface area contributed by atoms with Gasteiger partial charge in [0.25, 0.3) is 0 Å². The van der Waals surface area contributed by atoms with Crippen LogP contribution in [-0.2, 0) is 22.4 Å². The second-order valence-electron chi connectivity index (χ2n) is 9.43. The van der Waals surface area contributed by atoms with Crippen LogP contribution in [0.15, 0.2) is 12.1 Å². The minimum absolute atomic E-state index is 0.390. The first-order valence-corrected chi connectivity index (χ1v) is 12.2. The van der Waals surface area contributed by atoms with E-state index in [1.54, 1.807) is 0 Å². The van der Waals surface area contributed by atoms with E-state index in [-0.39, 0.29) is 0 Å². The van der Waals surface area contributed by atoms with Crippen LogP contribution < -0.4 is 10.6 Å². The smallest absolute Gasteiger partial charge is 0.407 e. The molecular formula is C24H36N4O4. The number of hydrogen-bond donors (Lipinski definition) is 3. The molecule has 1 aromatic rings. The van der Waals surface area contributed by atoms with Crippen molar-refractivity contribution in [2.24, 2.45) is 5.92 Å². The van der Waals surface area contributed by atoms with Crippen LogP contribution in [0.2, 0.25) is 0 Å². The van der Waals surface area contributed by atoms with Gasteiger partial charge in [-0.05, 0) is 88.3 Å². The summed E-state index contributed by atoms with van der Waals surface area (Å²) >= 11 is 0. The zero-order chi connectivity index (χ0) is 22.3. The van der Waals surface area contributed by atoms with E-state index in [0.717, 1.165) is 63.1 Å². The van der Waals surface area contributed by atoms with E-state index in [0.29, 0.717) is 31.5 Å². The molecule has 0 saturated heterocycles. The number of carbonyl (C=O) groups excluding carboxylic acids is 1. The Morgan fingerprint density at radius 2 is 2.06 bits per heavy atom. The third kappa shape index (κ3) is 7.08. The second-order valence-corrected chi connectivity index (χ2v) is 9.43. The summed E-state index contributed by atoms with van der Waals surface area (Å²) in [6.45, 7) is 3.02. The molecule has 2 aliphatic carbocycles. The Balaban J connectivity index is 1.17. The highest BCUT2D eigenvalue weighted by atomic mass is 16.5. The fourth-order valence-corrected chi connectivity index (χ4v) is 4.26. The Kier molecular flexibility index (Phi) is 7.84. The van der Waals surface area contributed by atoms with Gasteiger partial charge >= 0.3 is 12.1 Å². The number of hydrogen-bond acceptors (Lipinski definition) is 6. The number of alkyl carbamates (subject to hydrolysis) is 1. The van der Waals surface area contributed by atoms with Gasteiger partial charge in [0.15, 0.2) is 0 Å². The average Bonchev–Trinajstić information content (AvgIpc) is 3.70. The van der Waals surface area contributed by atoms with Gasteiger partial charge in [-0.2, -0.15) is 0 Å². The molecule has 0 radical (unpaired) electrons. The van der Waals surface area contributed by atoms with Gasteiger partial charge < -0.3 is 25.4 Å². The summed E-state index contributed by atoms with van der Waals surface area (Å²) in [6, 6.07) is 4.00. The Morgan fingerprint density at radius 3 is 2.81 bits per heavy atom. The second kappa shape index (κ2) is 11.0. The van der Waals surface area contributed by atoms with Crippen molar-refractivity contribution in [2.75, 3.05) is 31.6 Å². The molecule has 8 nitrogen and oxygen atoms in total. The number of aryl methyl sites for hydroxylation is 2. The van der Waals surface area contributed by atoms with Crippen LogP contribution in [0, 0.1) is 5.92 Å². The first kappa shape index (κ1) is 22.8. The minimum atomic E-state index is -1.00. The molecule has 0 aromatic carbocycles. The van der Waals surface area contributed by atoms with Crippen molar-refractivity contribution in [1.29, 1.82) is 0 Å². The molecule has 1 unspecified atom stereocenters. The monoisotopic (exact) mass is 444 g/mol. The predicted molar refractivity (Wildman–Crippen MR) is 122 cm³/mol. The van der Waals surface area contributed by atoms with Crippen molar-refractivity contribution in [3.05, 3.63) is 23.4 Å². The molecule has 3 aliphatic rings. The molecule has 0 bridgehead atoms.